The zero-order valence-electron chi connectivity index (χ0n) is 10.3. The van der Waals surface area contributed by atoms with Crippen LogP contribution in [-0.2, 0) is 0 Å². The summed E-state index contributed by atoms with van der Waals surface area (Å²) in [6.45, 7) is 7.04. The summed E-state index contributed by atoms with van der Waals surface area (Å²) in [4.78, 5) is 0. The summed E-state index contributed by atoms with van der Waals surface area (Å²) in [5.74, 6) is 1.05. The molecule has 0 bridgehead atoms. The lowest BCUT2D eigenvalue weighted by Crippen LogP contribution is -2.52. The van der Waals surface area contributed by atoms with Crippen molar-refractivity contribution >= 4 is 0 Å². The normalized spacial score (nSPS) is 31.2. The fourth-order valence-electron chi connectivity index (χ4n) is 2.82. The minimum atomic E-state index is 0.340. The molecule has 0 aromatic heterocycles. The Labute approximate surface area is 94.2 Å². The first-order valence-corrected chi connectivity index (χ1v) is 6.64. The van der Waals surface area contributed by atoms with Crippen molar-refractivity contribution in [2.45, 2.75) is 64.0 Å². The second-order valence-corrected chi connectivity index (χ2v) is 6.04. The van der Waals surface area contributed by atoms with Crippen LogP contribution in [0.5, 0.6) is 0 Å². The number of hydrogen-bond donors (Lipinski definition) is 2. The molecule has 1 unspecified atom stereocenters. The smallest absolute Gasteiger partial charge is 0.0139 e. The zero-order chi connectivity index (χ0) is 10.7. The fourth-order valence-corrected chi connectivity index (χ4v) is 2.82. The Balaban J connectivity index is 1.61. The van der Waals surface area contributed by atoms with Crippen molar-refractivity contribution in [3.63, 3.8) is 0 Å². The fraction of sp³-hybridized carbons (Fsp3) is 1.00. The summed E-state index contributed by atoms with van der Waals surface area (Å²) in [6, 6.07) is 0.751. The second-order valence-electron chi connectivity index (χ2n) is 6.04. The van der Waals surface area contributed by atoms with Crippen LogP contribution in [0.3, 0.4) is 0 Å². The molecule has 1 aliphatic carbocycles. The van der Waals surface area contributed by atoms with Crippen molar-refractivity contribution in [2.24, 2.45) is 5.92 Å². The molecule has 15 heavy (non-hydrogen) atoms. The molecule has 88 valence electrons. The standard InChI is InChI=1S/C13H26N2/c1-13(2)10-12(7-9-15-13)14-8-6-11-4-3-5-11/h11-12,14-15H,3-10H2,1-2H3. The number of hydrogen-bond acceptors (Lipinski definition) is 2. The van der Waals surface area contributed by atoms with Gasteiger partial charge in [-0.1, -0.05) is 19.3 Å². The topological polar surface area (TPSA) is 24.1 Å². The quantitative estimate of drug-likeness (QED) is 0.744. The molecule has 0 amide bonds. The number of rotatable bonds is 4. The first-order valence-electron chi connectivity index (χ1n) is 6.64. The summed E-state index contributed by atoms with van der Waals surface area (Å²) in [5.41, 5.74) is 0.340. The number of piperidine rings is 1. The van der Waals surface area contributed by atoms with Crippen LogP contribution in [0.1, 0.15) is 52.4 Å². The van der Waals surface area contributed by atoms with Gasteiger partial charge in [-0.05, 0) is 52.1 Å². The maximum absolute atomic E-state index is 3.74. The lowest BCUT2D eigenvalue weighted by atomic mass is 9.83. The third-order valence-electron chi connectivity index (χ3n) is 4.06. The van der Waals surface area contributed by atoms with Gasteiger partial charge in [0.2, 0.25) is 0 Å². The van der Waals surface area contributed by atoms with E-state index in [4.69, 9.17) is 0 Å². The molecule has 2 N–H and O–H groups in total. The minimum absolute atomic E-state index is 0.340. The molecule has 0 radical (unpaired) electrons. The molecular weight excluding hydrogens is 184 g/mol. The maximum atomic E-state index is 3.74. The number of nitrogens with one attached hydrogen (secondary N) is 2. The Hall–Kier alpha value is -0.0800. The lowest BCUT2D eigenvalue weighted by Gasteiger charge is -2.37. The van der Waals surface area contributed by atoms with Crippen LogP contribution in [0.25, 0.3) is 0 Å². The van der Waals surface area contributed by atoms with Gasteiger partial charge >= 0.3 is 0 Å². The highest BCUT2D eigenvalue weighted by atomic mass is 15.0. The van der Waals surface area contributed by atoms with E-state index in [1.165, 1.54) is 51.6 Å². The third kappa shape index (κ3) is 3.46. The van der Waals surface area contributed by atoms with Gasteiger partial charge in [-0.2, -0.15) is 0 Å². The highest BCUT2D eigenvalue weighted by Crippen LogP contribution is 2.29. The van der Waals surface area contributed by atoms with E-state index < -0.39 is 0 Å². The van der Waals surface area contributed by atoms with E-state index in [0.29, 0.717) is 5.54 Å². The summed E-state index contributed by atoms with van der Waals surface area (Å²) >= 11 is 0. The first kappa shape index (κ1) is 11.4. The Kier molecular flexibility index (Phi) is 3.68. The predicted molar refractivity (Wildman–Crippen MR) is 65.1 cm³/mol. The van der Waals surface area contributed by atoms with E-state index in [-0.39, 0.29) is 0 Å². The van der Waals surface area contributed by atoms with Gasteiger partial charge in [0.25, 0.3) is 0 Å². The van der Waals surface area contributed by atoms with Gasteiger partial charge in [-0.15, -0.1) is 0 Å². The SMILES string of the molecule is CC1(C)CC(NCCC2CCC2)CCN1. The van der Waals surface area contributed by atoms with Crippen LogP contribution in [-0.4, -0.2) is 24.7 Å². The molecule has 1 saturated carbocycles. The van der Waals surface area contributed by atoms with E-state index in [1.54, 1.807) is 0 Å². The van der Waals surface area contributed by atoms with Crippen molar-refractivity contribution in [3.05, 3.63) is 0 Å². The van der Waals surface area contributed by atoms with Gasteiger partial charge in [0.05, 0.1) is 0 Å². The van der Waals surface area contributed by atoms with Crippen LogP contribution >= 0.6 is 0 Å². The van der Waals surface area contributed by atoms with Crippen molar-refractivity contribution in [1.82, 2.24) is 10.6 Å². The summed E-state index contributed by atoms with van der Waals surface area (Å²) in [5, 5.41) is 7.31. The highest BCUT2D eigenvalue weighted by molar-refractivity contribution is 4.89. The highest BCUT2D eigenvalue weighted by Gasteiger charge is 2.27. The van der Waals surface area contributed by atoms with Crippen LogP contribution in [0.15, 0.2) is 0 Å². The monoisotopic (exact) mass is 210 g/mol. The van der Waals surface area contributed by atoms with Crippen LogP contribution in [0.4, 0.5) is 0 Å². The van der Waals surface area contributed by atoms with Gasteiger partial charge < -0.3 is 10.6 Å². The summed E-state index contributed by atoms with van der Waals surface area (Å²) in [7, 11) is 0. The van der Waals surface area contributed by atoms with E-state index in [0.717, 1.165) is 12.0 Å². The van der Waals surface area contributed by atoms with E-state index in [9.17, 15) is 0 Å². The molecule has 0 aromatic rings. The molecule has 2 heteroatoms. The average molecular weight is 210 g/mol. The predicted octanol–water partition coefficient (Wildman–Crippen LogP) is 2.30. The molecule has 2 fully saturated rings. The van der Waals surface area contributed by atoms with Crippen LogP contribution in [0, 0.1) is 5.92 Å². The largest absolute Gasteiger partial charge is 0.314 e. The molecule has 0 spiro atoms. The molecule has 2 rings (SSSR count). The van der Waals surface area contributed by atoms with Crippen LogP contribution in [0.2, 0.25) is 0 Å². The van der Waals surface area contributed by atoms with Gasteiger partial charge in [0, 0.05) is 11.6 Å². The van der Waals surface area contributed by atoms with Gasteiger partial charge in [0.15, 0.2) is 0 Å². The van der Waals surface area contributed by atoms with Gasteiger partial charge in [-0.25, -0.2) is 0 Å². The third-order valence-corrected chi connectivity index (χ3v) is 4.06. The summed E-state index contributed by atoms with van der Waals surface area (Å²) in [6.07, 6.45) is 8.43. The van der Waals surface area contributed by atoms with Gasteiger partial charge in [0.1, 0.15) is 0 Å². The van der Waals surface area contributed by atoms with Crippen molar-refractivity contribution < 1.29 is 0 Å². The van der Waals surface area contributed by atoms with Gasteiger partial charge in [-0.3, -0.25) is 0 Å². The minimum Gasteiger partial charge on any atom is -0.314 e. The molecule has 2 nitrogen and oxygen atoms in total. The second kappa shape index (κ2) is 4.84. The van der Waals surface area contributed by atoms with Crippen molar-refractivity contribution in [1.29, 1.82) is 0 Å². The molecule has 1 saturated heterocycles. The molecule has 0 aromatic carbocycles. The Morgan fingerprint density at radius 3 is 2.67 bits per heavy atom. The molecule has 1 heterocycles. The molecule has 2 aliphatic rings. The molecular formula is C13H26N2. The molecule has 1 atom stereocenters. The maximum Gasteiger partial charge on any atom is 0.0139 e. The average Bonchev–Trinajstić information content (AvgIpc) is 2.08. The lowest BCUT2D eigenvalue weighted by molar-refractivity contribution is 0.235. The van der Waals surface area contributed by atoms with E-state index >= 15 is 0 Å². The summed E-state index contributed by atoms with van der Waals surface area (Å²) < 4.78 is 0. The van der Waals surface area contributed by atoms with E-state index in [2.05, 4.69) is 24.5 Å². The first-order chi connectivity index (χ1) is 7.16. The molecule has 1 aliphatic heterocycles. The Morgan fingerprint density at radius 2 is 2.07 bits per heavy atom. The Morgan fingerprint density at radius 1 is 1.27 bits per heavy atom. The zero-order valence-corrected chi connectivity index (χ0v) is 10.3. The Bertz CT molecular complexity index is 197. The van der Waals surface area contributed by atoms with Crippen LogP contribution < -0.4 is 10.6 Å². The van der Waals surface area contributed by atoms with Crippen molar-refractivity contribution in [3.8, 4) is 0 Å². The van der Waals surface area contributed by atoms with Crippen molar-refractivity contribution in [2.75, 3.05) is 13.1 Å². The van der Waals surface area contributed by atoms with E-state index in [1.807, 2.05) is 0 Å².